The molecule has 1 aliphatic rings. The molecule has 3 amide bonds. The molecule has 1 saturated carbocycles. The summed E-state index contributed by atoms with van der Waals surface area (Å²) in [5.41, 5.74) is 7.16. The van der Waals surface area contributed by atoms with E-state index in [-0.39, 0.29) is 24.4 Å². The fraction of sp³-hybridized carbons (Fsp3) is 0.211. The zero-order valence-electron chi connectivity index (χ0n) is 14.1. The molecule has 1 aliphatic carbocycles. The fourth-order valence-electron chi connectivity index (χ4n) is 2.47. The molecule has 0 unspecified atom stereocenters. The maximum Gasteiger partial charge on any atom is 0.251 e. The number of nitrogens with two attached hydrogens (primary N) is 1. The van der Waals surface area contributed by atoms with Gasteiger partial charge < -0.3 is 21.7 Å². The summed E-state index contributed by atoms with van der Waals surface area (Å²) in [5.74, 6) is -1.01. The smallest absolute Gasteiger partial charge is 0.251 e. The summed E-state index contributed by atoms with van der Waals surface area (Å²) in [4.78, 5) is 35.6. The van der Waals surface area contributed by atoms with Crippen molar-refractivity contribution >= 4 is 29.1 Å². The zero-order chi connectivity index (χ0) is 18.5. The number of primary amides is 1. The van der Waals surface area contributed by atoms with Crippen LogP contribution in [-0.4, -0.2) is 30.3 Å². The van der Waals surface area contributed by atoms with Crippen LogP contribution in [0.4, 0.5) is 11.4 Å². The van der Waals surface area contributed by atoms with Crippen LogP contribution in [0.15, 0.2) is 48.5 Å². The Balaban J connectivity index is 1.58. The molecule has 0 radical (unpaired) electrons. The lowest BCUT2D eigenvalue weighted by molar-refractivity contribution is -0.114. The highest BCUT2D eigenvalue weighted by Gasteiger charge is 2.23. The van der Waals surface area contributed by atoms with Crippen LogP contribution in [0, 0.1) is 0 Å². The van der Waals surface area contributed by atoms with Gasteiger partial charge in [-0.15, -0.1) is 0 Å². The van der Waals surface area contributed by atoms with Crippen molar-refractivity contribution in [3.63, 3.8) is 0 Å². The molecule has 0 saturated heterocycles. The lowest BCUT2D eigenvalue weighted by Crippen LogP contribution is -2.26. The molecule has 0 spiro atoms. The molecule has 2 aromatic carbocycles. The van der Waals surface area contributed by atoms with E-state index in [1.807, 2.05) is 0 Å². The predicted molar refractivity (Wildman–Crippen MR) is 99.0 cm³/mol. The van der Waals surface area contributed by atoms with Gasteiger partial charge in [-0.25, -0.2) is 0 Å². The molecule has 0 aromatic heterocycles. The number of carbonyl (C=O) groups is 3. The van der Waals surface area contributed by atoms with Crippen molar-refractivity contribution in [3.8, 4) is 0 Å². The third-order valence-electron chi connectivity index (χ3n) is 3.95. The lowest BCUT2D eigenvalue weighted by atomic mass is 10.1. The predicted octanol–water partition coefficient (Wildman–Crippen LogP) is 1.73. The van der Waals surface area contributed by atoms with E-state index in [1.165, 1.54) is 0 Å². The van der Waals surface area contributed by atoms with Gasteiger partial charge in [0.2, 0.25) is 5.91 Å². The monoisotopic (exact) mass is 352 g/mol. The first-order valence-electron chi connectivity index (χ1n) is 8.36. The van der Waals surface area contributed by atoms with E-state index >= 15 is 0 Å². The van der Waals surface area contributed by atoms with Crippen LogP contribution in [-0.2, 0) is 4.79 Å². The summed E-state index contributed by atoms with van der Waals surface area (Å²) in [6.07, 6.45) is 2.03. The highest BCUT2D eigenvalue weighted by molar-refractivity contribution is 6.00. The van der Waals surface area contributed by atoms with Crippen LogP contribution in [0.3, 0.4) is 0 Å². The summed E-state index contributed by atoms with van der Waals surface area (Å²) in [6, 6.07) is 13.7. The zero-order valence-corrected chi connectivity index (χ0v) is 14.1. The Labute approximate surface area is 151 Å². The minimum atomic E-state index is -0.567. The van der Waals surface area contributed by atoms with Gasteiger partial charge in [0, 0.05) is 23.0 Å². The molecular formula is C19H20N4O3. The largest absolute Gasteiger partial charge is 0.376 e. The number of para-hydroxylation sites is 1. The van der Waals surface area contributed by atoms with E-state index < -0.39 is 5.91 Å². The van der Waals surface area contributed by atoms with Crippen LogP contribution in [0.2, 0.25) is 0 Å². The summed E-state index contributed by atoms with van der Waals surface area (Å²) >= 11 is 0. The van der Waals surface area contributed by atoms with Crippen molar-refractivity contribution in [2.45, 2.75) is 18.9 Å². The molecule has 26 heavy (non-hydrogen) atoms. The van der Waals surface area contributed by atoms with Crippen LogP contribution in [0.1, 0.15) is 33.6 Å². The summed E-state index contributed by atoms with van der Waals surface area (Å²) in [6.45, 7) is -0.0389. The third-order valence-corrected chi connectivity index (χ3v) is 3.95. The second kappa shape index (κ2) is 7.69. The van der Waals surface area contributed by atoms with Gasteiger partial charge in [0.15, 0.2) is 0 Å². The maximum atomic E-state index is 12.1. The number of anilines is 2. The molecule has 3 rings (SSSR count). The number of nitrogens with one attached hydrogen (secondary N) is 3. The Morgan fingerprint density at radius 2 is 1.81 bits per heavy atom. The first-order valence-corrected chi connectivity index (χ1v) is 8.36. The number of hydrogen-bond acceptors (Lipinski definition) is 4. The van der Waals surface area contributed by atoms with E-state index in [9.17, 15) is 14.4 Å². The molecule has 134 valence electrons. The van der Waals surface area contributed by atoms with Crippen molar-refractivity contribution in [1.82, 2.24) is 5.32 Å². The normalized spacial score (nSPS) is 12.9. The summed E-state index contributed by atoms with van der Waals surface area (Å²) in [7, 11) is 0. The third kappa shape index (κ3) is 4.60. The van der Waals surface area contributed by atoms with Gasteiger partial charge in [-0.05, 0) is 43.2 Å². The van der Waals surface area contributed by atoms with Gasteiger partial charge in [0.05, 0.1) is 12.1 Å². The molecule has 7 nitrogen and oxygen atoms in total. The molecule has 2 aromatic rings. The molecule has 1 fully saturated rings. The highest BCUT2D eigenvalue weighted by atomic mass is 16.2. The number of rotatable bonds is 7. The second-order valence-electron chi connectivity index (χ2n) is 6.14. The van der Waals surface area contributed by atoms with E-state index in [1.54, 1.807) is 48.5 Å². The van der Waals surface area contributed by atoms with Crippen molar-refractivity contribution in [3.05, 3.63) is 59.7 Å². The molecule has 5 N–H and O–H groups in total. The van der Waals surface area contributed by atoms with Gasteiger partial charge in [0.25, 0.3) is 11.8 Å². The Morgan fingerprint density at radius 1 is 1.04 bits per heavy atom. The molecular weight excluding hydrogens is 332 g/mol. The van der Waals surface area contributed by atoms with Gasteiger partial charge in [-0.3, -0.25) is 14.4 Å². The Hall–Kier alpha value is -3.35. The first kappa shape index (κ1) is 17.5. The van der Waals surface area contributed by atoms with E-state index in [0.717, 1.165) is 12.8 Å². The SMILES string of the molecule is NC(=O)c1ccccc1NCC(=O)Nc1cccc(C(=O)NC2CC2)c1. The Kier molecular flexibility index (Phi) is 5.17. The Morgan fingerprint density at radius 3 is 2.54 bits per heavy atom. The van der Waals surface area contributed by atoms with Crippen molar-refractivity contribution in [1.29, 1.82) is 0 Å². The molecule has 0 heterocycles. The fourth-order valence-corrected chi connectivity index (χ4v) is 2.47. The molecule has 7 heteroatoms. The topological polar surface area (TPSA) is 113 Å². The van der Waals surface area contributed by atoms with Crippen LogP contribution < -0.4 is 21.7 Å². The van der Waals surface area contributed by atoms with Gasteiger partial charge >= 0.3 is 0 Å². The van der Waals surface area contributed by atoms with Crippen LogP contribution in [0.25, 0.3) is 0 Å². The Bertz CT molecular complexity index is 846. The van der Waals surface area contributed by atoms with E-state index in [4.69, 9.17) is 5.73 Å². The number of hydrogen-bond donors (Lipinski definition) is 4. The van der Waals surface area contributed by atoms with E-state index in [2.05, 4.69) is 16.0 Å². The van der Waals surface area contributed by atoms with Gasteiger partial charge in [-0.1, -0.05) is 18.2 Å². The lowest BCUT2D eigenvalue weighted by Gasteiger charge is -2.11. The van der Waals surface area contributed by atoms with Crippen molar-refractivity contribution in [2.75, 3.05) is 17.2 Å². The first-order chi connectivity index (χ1) is 12.5. The van der Waals surface area contributed by atoms with Crippen molar-refractivity contribution in [2.24, 2.45) is 5.73 Å². The standard InChI is InChI=1S/C19H20N4O3/c20-18(25)15-6-1-2-7-16(15)21-11-17(24)22-14-5-3-4-12(10-14)19(26)23-13-8-9-13/h1-7,10,13,21H,8-9,11H2,(H2,20,25)(H,22,24)(H,23,26). The molecule has 0 atom stereocenters. The van der Waals surface area contributed by atoms with E-state index in [0.29, 0.717) is 22.5 Å². The summed E-state index contributed by atoms with van der Waals surface area (Å²) in [5, 5.41) is 8.53. The number of benzene rings is 2. The average Bonchev–Trinajstić information content (AvgIpc) is 3.44. The van der Waals surface area contributed by atoms with Crippen LogP contribution in [0.5, 0.6) is 0 Å². The maximum absolute atomic E-state index is 12.1. The average molecular weight is 352 g/mol. The summed E-state index contributed by atoms with van der Waals surface area (Å²) < 4.78 is 0. The minimum Gasteiger partial charge on any atom is -0.376 e. The number of amides is 3. The second-order valence-corrected chi connectivity index (χ2v) is 6.14. The quantitative estimate of drug-likeness (QED) is 0.608. The highest BCUT2D eigenvalue weighted by Crippen LogP contribution is 2.20. The minimum absolute atomic E-state index is 0.0389. The van der Waals surface area contributed by atoms with Gasteiger partial charge in [0.1, 0.15) is 0 Å². The molecule has 0 bridgehead atoms. The van der Waals surface area contributed by atoms with Crippen molar-refractivity contribution < 1.29 is 14.4 Å². The van der Waals surface area contributed by atoms with Crippen LogP contribution >= 0.6 is 0 Å². The molecule has 0 aliphatic heterocycles. The number of carbonyl (C=O) groups excluding carboxylic acids is 3. The van der Waals surface area contributed by atoms with Gasteiger partial charge in [-0.2, -0.15) is 0 Å².